The van der Waals surface area contributed by atoms with Crippen molar-refractivity contribution in [2.75, 3.05) is 12.3 Å². The van der Waals surface area contributed by atoms with Gasteiger partial charge in [-0.3, -0.25) is 0 Å². The molecule has 0 atom stereocenters. The molecule has 0 aromatic heterocycles. The van der Waals surface area contributed by atoms with Crippen molar-refractivity contribution in [2.24, 2.45) is 5.73 Å². The van der Waals surface area contributed by atoms with E-state index in [1.165, 1.54) is 0 Å². The molecule has 17 heavy (non-hydrogen) atoms. The van der Waals surface area contributed by atoms with Crippen molar-refractivity contribution in [1.29, 1.82) is 0 Å². The number of benzene rings is 1. The topological polar surface area (TPSA) is 69.4 Å². The lowest BCUT2D eigenvalue weighted by Gasteiger charge is -2.21. The van der Waals surface area contributed by atoms with Gasteiger partial charge in [0.15, 0.2) is 9.84 Å². The monoisotopic (exact) mass is 257 g/mol. The minimum absolute atomic E-state index is 0.0352. The number of ether oxygens (including phenoxy) is 1. The number of hydrogen-bond donors (Lipinski definition) is 1. The van der Waals surface area contributed by atoms with Crippen LogP contribution >= 0.6 is 0 Å². The van der Waals surface area contributed by atoms with Gasteiger partial charge in [0, 0.05) is 6.54 Å². The van der Waals surface area contributed by atoms with Gasteiger partial charge in [0.25, 0.3) is 0 Å². The molecular formula is C12H19NO3S. The highest BCUT2D eigenvalue weighted by molar-refractivity contribution is 7.91. The van der Waals surface area contributed by atoms with Gasteiger partial charge in [0.2, 0.25) is 0 Å². The van der Waals surface area contributed by atoms with Crippen molar-refractivity contribution in [3.05, 3.63) is 24.3 Å². The number of hydrogen-bond acceptors (Lipinski definition) is 4. The zero-order valence-electron chi connectivity index (χ0n) is 10.4. The third-order valence-corrected chi connectivity index (χ3v) is 3.76. The summed E-state index contributed by atoms with van der Waals surface area (Å²) in [6, 6.07) is 6.42. The molecule has 0 bridgehead atoms. The number of rotatable bonds is 4. The van der Waals surface area contributed by atoms with Gasteiger partial charge in [-0.2, -0.15) is 0 Å². The molecule has 0 aliphatic carbocycles. The molecule has 1 aromatic rings. The molecule has 0 unspecified atom stereocenters. The highest BCUT2D eigenvalue weighted by Crippen LogP contribution is 2.20. The summed E-state index contributed by atoms with van der Waals surface area (Å²) in [4.78, 5) is 0.282. The molecule has 0 saturated heterocycles. The highest BCUT2D eigenvalue weighted by Gasteiger charge is 2.15. The van der Waals surface area contributed by atoms with Gasteiger partial charge < -0.3 is 10.5 Å². The fourth-order valence-electron chi connectivity index (χ4n) is 1.34. The van der Waals surface area contributed by atoms with E-state index in [9.17, 15) is 8.42 Å². The molecule has 2 N–H and O–H groups in total. The Kier molecular flexibility index (Phi) is 4.16. The van der Waals surface area contributed by atoms with Crippen LogP contribution in [0.2, 0.25) is 0 Å². The first-order valence-electron chi connectivity index (χ1n) is 5.46. The Labute approximate surface area is 103 Å². The maximum Gasteiger partial charge on any atom is 0.179 e. The van der Waals surface area contributed by atoms with Crippen molar-refractivity contribution < 1.29 is 13.2 Å². The lowest BCUT2D eigenvalue weighted by atomic mass is 10.2. The summed E-state index contributed by atoms with van der Waals surface area (Å²) >= 11 is 0. The first-order valence-corrected chi connectivity index (χ1v) is 7.12. The minimum atomic E-state index is -3.25. The second-order valence-corrected chi connectivity index (χ2v) is 6.90. The van der Waals surface area contributed by atoms with Crippen LogP contribution < -0.4 is 10.5 Å². The summed E-state index contributed by atoms with van der Waals surface area (Å²) in [6.07, 6.45) is 0. The predicted octanol–water partition coefficient (Wildman–Crippen LogP) is 1.60. The number of nitrogens with two attached hydrogens (primary N) is 1. The zero-order valence-corrected chi connectivity index (χ0v) is 11.3. The third kappa shape index (κ3) is 4.36. The van der Waals surface area contributed by atoms with Crippen LogP contribution in [0.25, 0.3) is 0 Å². The van der Waals surface area contributed by atoms with Crippen molar-refractivity contribution in [1.82, 2.24) is 0 Å². The van der Waals surface area contributed by atoms with Gasteiger partial charge in [-0.05, 0) is 45.0 Å². The summed E-state index contributed by atoms with van der Waals surface area (Å²) in [6.45, 7) is 5.94. The third-order valence-electron chi connectivity index (χ3n) is 1.99. The molecule has 0 spiro atoms. The van der Waals surface area contributed by atoms with Gasteiger partial charge in [-0.1, -0.05) is 0 Å². The van der Waals surface area contributed by atoms with Crippen LogP contribution in [0.1, 0.15) is 20.8 Å². The Hall–Kier alpha value is -1.07. The standard InChI is InChI=1S/C12H19NO3S/c1-12(2,3)16-10-4-6-11(7-5-10)17(14,15)9-8-13/h4-7H,8-9,13H2,1-3H3. The summed E-state index contributed by atoms with van der Waals surface area (Å²) in [5, 5.41) is 0. The van der Waals surface area contributed by atoms with Crippen molar-refractivity contribution in [3.63, 3.8) is 0 Å². The van der Waals surface area contributed by atoms with Gasteiger partial charge in [0.1, 0.15) is 11.4 Å². The molecule has 0 radical (unpaired) electrons. The second kappa shape index (κ2) is 5.06. The lowest BCUT2D eigenvalue weighted by molar-refractivity contribution is 0.131. The van der Waals surface area contributed by atoms with Crippen LogP contribution in [0.3, 0.4) is 0 Å². The van der Waals surface area contributed by atoms with Crippen LogP contribution in [0, 0.1) is 0 Å². The van der Waals surface area contributed by atoms with E-state index in [2.05, 4.69) is 0 Å². The smallest absolute Gasteiger partial charge is 0.179 e. The summed E-state index contributed by atoms with van der Waals surface area (Å²) in [7, 11) is -3.25. The summed E-state index contributed by atoms with van der Waals surface area (Å²) < 4.78 is 29.0. The molecule has 0 aliphatic heterocycles. The molecule has 1 aromatic carbocycles. The Morgan fingerprint density at radius 3 is 2.12 bits per heavy atom. The Morgan fingerprint density at radius 2 is 1.71 bits per heavy atom. The molecule has 0 fully saturated rings. The van der Waals surface area contributed by atoms with Crippen LogP contribution in [0.4, 0.5) is 0 Å². The first-order chi connectivity index (χ1) is 7.74. The minimum Gasteiger partial charge on any atom is -0.488 e. The Bertz CT molecular complexity index is 458. The molecule has 1 rings (SSSR count). The van der Waals surface area contributed by atoms with E-state index in [1.807, 2.05) is 20.8 Å². The first kappa shape index (κ1) is 14.0. The van der Waals surface area contributed by atoms with Gasteiger partial charge in [0.05, 0.1) is 10.6 Å². The summed E-state index contributed by atoms with van der Waals surface area (Å²) in [5.41, 5.74) is 4.97. The van der Waals surface area contributed by atoms with E-state index >= 15 is 0 Å². The fraction of sp³-hybridized carbons (Fsp3) is 0.500. The maximum atomic E-state index is 11.7. The molecule has 0 heterocycles. The van der Waals surface area contributed by atoms with Crippen LogP contribution in [-0.2, 0) is 9.84 Å². The zero-order chi connectivity index (χ0) is 13.1. The van der Waals surface area contributed by atoms with Gasteiger partial charge >= 0.3 is 0 Å². The second-order valence-electron chi connectivity index (χ2n) is 4.79. The average Bonchev–Trinajstić information content (AvgIpc) is 2.15. The molecule has 0 aliphatic rings. The normalized spacial score (nSPS) is 12.5. The van der Waals surface area contributed by atoms with E-state index in [-0.39, 0.29) is 22.8 Å². The van der Waals surface area contributed by atoms with Crippen LogP contribution in [0.15, 0.2) is 29.2 Å². The van der Waals surface area contributed by atoms with Crippen LogP contribution in [0.5, 0.6) is 5.75 Å². The van der Waals surface area contributed by atoms with Gasteiger partial charge in [-0.25, -0.2) is 8.42 Å². The molecule has 4 nitrogen and oxygen atoms in total. The van der Waals surface area contributed by atoms with E-state index < -0.39 is 9.84 Å². The van der Waals surface area contributed by atoms with E-state index in [4.69, 9.17) is 10.5 Å². The molecule has 0 amide bonds. The molecule has 5 heteroatoms. The number of sulfone groups is 1. The Morgan fingerprint density at radius 1 is 1.18 bits per heavy atom. The Balaban J connectivity index is 2.89. The molecule has 96 valence electrons. The van der Waals surface area contributed by atoms with Crippen molar-refractivity contribution in [3.8, 4) is 5.75 Å². The van der Waals surface area contributed by atoms with E-state index in [1.54, 1.807) is 24.3 Å². The highest BCUT2D eigenvalue weighted by atomic mass is 32.2. The quantitative estimate of drug-likeness (QED) is 0.889. The van der Waals surface area contributed by atoms with E-state index in [0.717, 1.165) is 0 Å². The predicted molar refractivity (Wildman–Crippen MR) is 67.9 cm³/mol. The molecule has 0 saturated carbocycles. The largest absolute Gasteiger partial charge is 0.488 e. The average molecular weight is 257 g/mol. The lowest BCUT2D eigenvalue weighted by Crippen LogP contribution is -2.23. The van der Waals surface area contributed by atoms with E-state index in [0.29, 0.717) is 5.75 Å². The van der Waals surface area contributed by atoms with Gasteiger partial charge in [-0.15, -0.1) is 0 Å². The van der Waals surface area contributed by atoms with Crippen LogP contribution in [-0.4, -0.2) is 26.3 Å². The summed E-state index contributed by atoms with van der Waals surface area (Å²) in [5.74, 6) is 0.621. The fourth-order valence-corrected chi connectivity index (χ4v) is 2.44. The SMILES string of the molecule is CC(C)(C)Oc1ccc(S(=O)(=O)CCN)cc1. The molecular weight excluding hydrogens is 238 g/mol. The van der Waals surface area contributed by atoms with Crippen molar-refractivity contribution >= 4 is 9.84 Å². The van der Waals surface area contributed by atoms with Crippen molar-refractivity contribution in [2.45, 2.75) is 31.3 Å². The maximum absolute atomic E-state index is 11.7.